The van der Waals surface area contributed by atoms with Gasteiger partial charge >= 0.3 is 0 Å². The molecule has 3 rings (SSSR count). The van der Waals surface area contributed by atoms with Crippen molar-refractivity contribution in [3.63, 3.8) is 0 Å². The second-order valence-corrected chi connectivity index (χ2v) is 5.93. The van der Waals surface area contributed by atoms with Crippen LogP contribution < -0.4 is 4.90 Å². The fraction of sp³-hybridized carbons (Fsp3) is 0.167. The first-order valence-corrected chi connectivity index (χ1v) is 7.89. The molecule has 1 amide bonds. The van der Waals surface area contributed by atoms with Crippen molar-refractivity contribution in [2.24, 2.45) is 0 Å². The average Bonchev–Trinajstić information content (AvgIpc) is 2.98. The van der Waals surface area contributed by atoms with E-state index in [0.29, 0.717) is 16.4 Å². The highest BCUT2D eigenvalue weighted by Crippen LogP contribution is 2.24. The standard InChI is InChI=1S/C18H17ClN4O/c1-12-15(19)10-7-11-16(12)23-13(2)17(20-21-23)18(24)22(3)14-8-5-4-6-9-14/h4-11H,1-3H3. The van der Waals surface area contributed by atoms with Crippen LogP contribution in [0, 0.1) is 13.8 Å². The Labute approximate surface area is 145 Å². The number of nitrogens with zero attached hydrogens (tertiary/aromatic N) is 4. The van der Waals surface area contributed by atoms with Crippen LogP contribution in [0.4, 0.5) is 5.69 Å². The first-order valence-electron chi connectivity index (χ1n) is 7.51. The summed E-state index contributed by atoms with van der Waals surface area (Å²) < 4.78 is 1.65. The number of carbonyl (C=O) groups is 1. The average molecular weight is 341 g/mol. The number of halogens is 1. The summed E-state index contributed by atoms with van der Waals surface area (Å²) in [6.45, 7) is 3.74. The Balaban J connectivity index is 1.98. The van der Waals surface area contributed by atoms with Crippen molar-refractivity contribution in [3.05, 3.63) is 70.5 Å². The van der Waals surface area contributed by atoms with Crippen molar-refractivity contribution in [1.29, 1.82) is 0 Å². The molecule has 1 heterocycles. The van der Waals surface area contributed by atoms with Gasteiger partial charge in [0.2, 0.25) is 0 Å². The number of anilines is 1. The molecular formula is C18H17ClN4O. The lowest BCUT2D eigenvalue weighted by Crippen LogP contribution is -2.27. The zero-order valence-corrected chi connectivity index (χ0v) is 14.4. The quantitative estimate of drug-likeness (QED) is 0.728. The Morgan fingerprint density at radius 3 is 2.50 bits per heavy atom. The van der Waals surface area contributed by atoms with Gasteiger partial charge in [0.05, 0.1) is 11.4 Å². The summed E-state index contributed by atoms with van der Waals surface area (Å²) in [5.74, 6) is -0.204. The van der Waals surface area contributed by atoms with Crippen LogP contribution in [0.25, 0.3) is 5.69 Å². The maximum atomic E-state index is 12.7. The van der Waals surface area contributed by atoms with E-state index in [1.807, 2.05) is 62.4 Å². The number of para-hydroxylation sites is 1. The maximum Gasteiger partial charge on any atom is 0.280 e. The van der Waals surface area contributed by atoms with Crippen LogP contribution in [0.2, 0.25) is 5.02 Å². The normalized spacial score (nSPS) is 10.7. The third-order valence-electron chi connectivity index (χ3n) is 4.01. The monoisotopic (exact) mass is 340 g/mol. The van der Waals surface area contributed by atoms with Gasteiger partial charge in [-0.25, -0.2) is 4.68 Å². The topological polar surface area (TPSA) is 51.0 Å². The van der Waals surface area contributed by atoms with Crippen LogP contribution in [0.5, 0.6) is 0 Å². The third-order valence-corrected chi connectivity index (χ3v) is 4.42. The molecule has 122 valence electrons. The molecule has 3 aromatic rings. The smallest absolute Gasteiger partial charge is 0.280 e. The number of carbonyl (C=O) groups excluding carboxylic acids is 1. The fourth-order valence-corrected chi connectivity index (χ4v) is 2.68. The van der Waals surface area contributed by atoms with E-state index in [1.54, 1.807) is 16.6 Å². The van der Waals surface area contributed by atoms with Gasteiger partial charge in [0.15, 0.2) is 5.69 Å². The lowest BCUT2D eigenvalue weighted by Gasteiger charge is -2.16. The van der Waals surface area contributed by atoms with E-state index in [0.717, 1.165) is 16.9 Å². The first-order chi connectivity index (χ1) is 11.5. The van der Waals surface area contributed by atoms with E-state index < -0.39 is 0 Å². The molecule has 5 nitrogen and oxygen atoms in total. The number of rotatable bonds is 3. The highest BCUT2D eigenvalue weighted by atomic mass is 35.5. The SMILES string of the molecule is Cc1c(Cl)cccc1-n1nnc(C(=O)N(C)c2ccccc2)c1C. The molecule has 0 unspecified atom stereocenters. The second kappa shape index (κ2) is 6.45. The molecule has 0 N–H and O–H groups in total. The van der Waals surface area contributed by atoms with Gasteiger partial charge in [-0.3, -0.25) is 4.79 Å². The van der Waals surface area contributed by atoms with E-state index in [9.17, 15) is 4.79 Å². The molecule has 0 atom stereocenters. The summed E-state index contributed by atoms with van der Waals surface area (Å²) in [5, 5.41) is 8.88. The van der Waals surface area contributed by atoms with Crippen molar-refractivity contribution in [1.82, 2.24) is 15.0 Å². The van der Waals surface area contributed by atoms with Crippen LogP contribution in [0.15, 0.2) is 48.5 Å². The van der Waals surface area contributed by atoms with E-state index in [2.05, 4.69) is 10.3 Å². The molecule has 0 aliphatic rings. The van der Waals surface area contributed by atoms with Gasteiger partial charge in [-0.1, -0.05) is 41.1 Å². The molecule has 6 heteroatoms. The summed E-state index contributed by atoms with van der Waals surface area (Å²) >= 11 is 6.18. The molecule has 0 aliphatic carbocycles. The number of hydrogen-bond acceptors (Lipinski definition) is 3. The molecule has 0 saturated carbocycles. The minimum Gasteiger partial charge on any atom is -0.310 e. The molecule has 1 aromatic heterocycles. The molecule has 24 heavy (non-hydrogen) atoms. The van der Waals surface area contributed by atoms with Crippen LogP contribution >= 0.6 is 11.6 Å². The minimum atomic E-state index is -0.204. The van der Waals surface area contributed by atoms with Gasteiger partial charge in [-0.05, 0) is 43.7 Å². The van der Waals surface area contributed by atoms with E-state index in [1.165, 1.54) is 0 Å². The molecular weight excluding hydrogens is 324 g/mol. The molecule has 0 aliphatic heterocycles. The van der Waals surface area contributed by atoms with Crippen molar-refractivity contribution in [3.8, 4) is 5.69 Å². The summed E-state index contributed by atoms with van der Waals surface area (Å²) in [5.41, 5.74) is 3.50. The van der Waals surface area contributed by atoms with Gasteiger partial charge in [0.1, 0.15) is 0 Å². The van der Waals surface area contributed by atoms with E-state index in [4.69, 9.17) is 11.6 Å². The highest BCUT2D eigenvalue weighted by molar-refractivity contribution is 6.31. The van der Waals surface area contributed by atoms with Crippen LogP contribution in [0.3, 0.4) is 0 Å². The van der Waals surface area contributed by atoms with Gasteiger partial charge in [0.25, 0.3) is 5.91 Å². The Morgan fingerprint density at radius 2 is 1.79 bits per heavy atom. The predicted octanol–water partition coefficient (Wildman–Crippen LogP) is 3.81. The fourth-order valence-electron chi connectivity index (χ4n) is 2.51. The predicted molar refractivity (Wildman–Crippen MR) is 95.0 cm³/mol. The van der Waals surface area contributed by atoms with Crippen LogP contribution in [-0.2, 0) is 0 Å². The molecule has 0 spiro atoms. The molecule has 0 fully saturated rings. The summed E-state index contributed by atoms with van der Waals surface area (Å²) in [4.78, 5) is 14.3. The third kappa shape index (κ3) is 2.78. The zero-order chi connectivity index (χ0) is 17.3. The van der Waals surface area contributed by atoms with Crippen molar-refractivity contribution in [2.75, 3.05) is 11.9 Å². The van der Waals surface area contributed by atoms with Crippen LogP contribution in [-0.4, -0.2) is 27.9 Å². The minimum absolute atomic E-state index is 0.204. The Bertz CT molecular complexity index is 889. The number of benzene rings is 2. The number of hydrogen-bond donors (Lipinski definition) is 0. The lowest BCUT2D eigenvalue weighted by molar-refractivity contribution is 0.0987. The summed E-state index contributed by atoms with van der Waals surface area (Å²) in [7, 11) is 1.72. The molecule has 0 bridgehead atoms. The van der Waals surface area contributed by atoms with E-state index in [-0.39, 0.29) is 5.91 Å². The van der Waals surface area contributed by atoms with Gasteiger partial charge in [-0.15, -0.1) is 5.10 Å². The molecule has 0 radical (unpaired) electrons. The number of amides is 1. The molecule has 2 aromatic carbocycles. The van der Waals surface area contributed by atoms with Gasteiger partial charge in [-0.2, -0.15) is 0 Å². The Kier molecular flexibility index (Phi) is 4.36. The van der Waals surface area contributed by atoms with Gasteiger partial charge < -0.3 is 4.90 Å². The highest BCUT2D eigenvalue weighted by Gasteiger charge is 2.22. The molecule has 0 saturated heterocycles. The van der Waals surface area contributed by atoms with Crippen LogP contribution in [0.1, 0.15) is 21.7 Å². The van der Waals surface area contributed by atoms with Crippen molar-refractivity contribution < 1.29 is 4.79 Å². The number of aromatic nitrogens is 3. The lowest BCUT2D eigenvalue weighted by atomic mass is 10.2. The first kappa shape index (κ1) is 16.2. The summed E-state index contributed by atoms with van der Waals surface area (Å²) in [6, 6.07) is 15.0. The second-order valence-electron chi connectivity index (χ2n) is 5.52. The zero-order valence-electron chi connectivity index (χ0n) is 13.7. The van der Waals surface area contributed by atoms with Crippen molar-refractivity contribution in [2.45, 2.75) is 13.8 Å². The maximum absolute atomic E-state index is 12.7. The van der Waals surface area contributed by atoms with Crippen molar-refractivity contribution >= 4 is 23.2 Å². The van der Waals surface area contributed by atoms with E-state index >= 15 is 0 Å². The largest absolute Gasteiger partial charge is 0.310 e. The Hall–Kier alpha value is -2.66. The Morgan fingerprint density at radius 1 is 1.08 bits per heavy atom. The summed E-state index contributed by atoms with van der Waals surface area (Å²) in [6.07, 6.45) is 0. The van der Waals surface area contributed by atoms with Gasteiger partial charge in [0, 0.05) is 17.8 Å².